The first-order valence-electron chi connectivity index (χ1n) is 6.96. The number of pyridine rings is 1. The Labute approximate surface area is 129 Å². The highest BCUT2D eigenvalue weighted by Crippen LogP contribution is 2.23. The lowest BCUT2D eigenvalue weighted by molar-refractivity contribution is 0.185. The van der Waals surface area contributed by atoms with Crippen molar-refractivity contribution >= 4 is 17.4 Å². The van der Waals surface area contributed by atoms with E-state index in [4.69, 9.17) is 0 Å². The SMILES string of the molecule is CC[C@@H](c1ccncc1)N(C)C(=O)N[C@H](C)c1nccs1. The van der Waals surface area contributed by atoms with E-state index in [2.05, 4.69) is 22.2 Å². The summed E-state index contributed by atoms with van der Waals surface area (Å²) >= 11 is 1.54. The zero-order chi connectivity index (χ0) is 15.2. The van der Waals surface area contributed by atoms with Crippen molar-refractivity contribution < 1.29 is 4.79 Å². The molecule has 0 aromatic carbocycles. The summed E-state index contributed by atoms with van der Waals surface area (Å²) in [6, 6.07) is 3.75. The quantitative estimate of drug-likeness (QED) is 0.921. The van der Waals surface area contributed by atoms with Gasteiger partial charge in [-0.2, -0.15) is 0 Å². The van der Waals surface area contributed by atoms with E-state index in [0.717, 1.165) is 17.0 Å². The summed E-state index contributed by atoms with van der Waals surface area (Å²) in [5.74, 6) is 0. The van der Waals surface area contributed by atoms with Gasteiger partial charge in [-0.25, -0.2) is 9.78 Å². The molecule has 21 heavy (non-hydrogen) atoms. The Hall–Kier alpha value is -1.95. The van der Waals surface area contributed by atoms with Gasteiger partial charge in [-0.05, 0) is 31.0 Å². The van der Waals surface area contributed by atoms with Crippen LogP contribution in [0.15, 0.2) is 36.1 Å². The van der Waals surface area contributed by atoms with Crippen molar-refractivity contribution in [2.75, 3.05) is 7.05 Å². The fourth-order valence-electron chi connectivity index (χ4n) is 2.26. The molecule has 0 unspecified atom stereocenters. The van der Waals surface area contributed by atoms with Crippen LogP contribution in [0.3, 0.4) is 0 Å². The Bertz CT molecular complexity index is 558. The molecule has 0 saturated heterocycles. The van der Waals surface area contributed by atoms with Crippen LogP contribution in [0.25, 0.3) is 0 Å². The smallest absolute Gasteiger partial charge is 0.318 e. The standard InChI is InChI=1S/C15H20N4OS/c1-4-13(12-5-7-16-8-6-12)19(3)15(20)18-11(2)14-17-9-10-21-14/h5-11,13H,4H2,1-3H3,(H,18,20)/t11-,13+/m1/s1. The van der Waals surface area contributed by atoms with Gasteiger partial charge in [0.2, 0.25) is 0 Å². The minimum Gasteiger partial charge on any atom is -0.329 e. The van der Waals surface area contributed by atoms with Gasteiger partial charge < -0.3 is 10.2 Å². The average Bonchev–Trinajstić information content (AvgIpc) is 3.03. The van der Waals surface area contributed by atoms with Crippen LogP contribution in [0.4, 0.5) is 4.79 Å². The predicted molar refractivity (Wildman–Crippen MR) is 84.1 cm³/mol. The zero-order valence-corrected chi connectivity index (χ0v) is 13.3. The number of hydrogen-bond donors (Lipinski definition) is 1. The van der Waals surface area contributed by atoms with Crippen molar-refractivity contribution in [2.24, 2.45) is 0 Å². The maximum absolute atomic E-state index is 12.4. The van der Waals surface area contributed by atoms with E-state index in [0.29, 0.717) is 0 Å². The molecule has 1 N–H and O–H groups in total. The Morgan fingerprint density at radius 1 is 1.38 bits per heavy atom. The van der Waals surface area contributed by atoms with E-state index >= 15 is 0 Å². The lowest BCUT2D eigenvalue weighted by Gasteiger charge is -2.28. The van der Waals surface area contributed by atoms with E-state index < -0.39 is 0 Å². The normalized spacial score (nSPS) is 13.5. The van der Waals surface area contributed by atoms with E-state index in [1.165, 1.54) is 0 Å². The van der Waals surface area contributed by atoms with Crippen molar-refractivity contribution in [1.29, 1.82) is 0 Å². The molecule has 2 atom stereocenters. The highest BCUT2D eigenvalue weighted by atomic mass is 32.1. The molecule has 0 radical (unpaired) electrons. The third-order valence-electron chi connectivity index (χ3n) is 3.43. The summed E-state index contributed by atoms with van der Waals surface area (Å²) in [7, 11) is 1.82. The van der Waals surface area contributed by atoms with Crippen LogP contribution in [0.1, 0.15) is 42.9 Å². The predicted octanol–water partition coefficient (Wildman–Crippen LogP) is 3.39. The van der Waals surface area contributed by atoms with Gasteiger partial charge in [0.25, 0.3) is 0 Å². The van der Waals surface area contributed by atoms with Gasteiger partial charge in [0.05, 0.1) is 12.1 Å². The lowest BCUT2D eigenvalue weighted by atomic mass is 10.1. The number of thiazole rings is 1. The first kappa shape index (κ1) is 15.4. The number of carbonyl (C=O) groups excluding carboxylic acids is 1. The molecule has 2 rings (SSSR count). The van der Waals surface area contributed by atoms with Crippen molar-refractivity contribution in [1.82, 2.24) is 20.2 Å². The third-order valence-corrected chi connectivity index (χ3v) is 4.39. The molecule has 0 spiro atoms. The molecule has 112 valence electrons. The maximum atomic E-state index is 12.4. The topological polar surface area (TPSA) is 58.1 Å². The molecular weight excluding hydrogens is 284 g/mol. The Balaban J connectivity index is 2.04. The van der Waals surface area contributed by atoms with Gasteiger partial charge in [0, 0.05) is 31.0 Å². The van der Waals surface area contributed by atoms with E-state index in [9.17, 15) is 4.79 Å². The van der Waals surface area contributed by atoms with Crippen molar-refractivity contribution in [3.63, 3.8) is 0 Å². The molecule has 2 aromatic heterocycles. The molecule has 2 heterocycles. The second-order valence-electron chi connectivity index (χ2n) is 4.86. The summed E-state index contributed by atoms with van der Waals surface area (Å²) in [4.78, 5) is 22.4. The van der Waals surface area contributed by atoms with Crippen LogP contribution in [0.2, 0.25) is 0 Å². The monoisotopic (exact) mass is 304 g/mol. The van der Waals surface area contributed by atoms with Crippen LogP contribution in [-0.4, -0.2) is 27.9 Å². The third kappa shape index (κ3) is 3.78. The fourth-order valence-corrected chi connectivity index (χ4v) is 2.90. The molecule has 6 heteroatoms. The molecule has 0 aliphatic heterocycles. The van der Waals surface area contributed by atoms with Crippen molar-refractivity contribution in [3.05, 3.63) is 46.7 Å². The Kier molecular flexibility index (Phi) is 5.27. The van der Waals surface area contributed by atoms with Gasteiger partial charge >= 0.3 is 6.03 Å². The number of carbonyl (C=O) groups is 1. The van der Waals surface area contributed by atoms with Gasteiger partial charge in [0.1, 0.15) is 5.01 Å². The molecule has 0 fully saturated rings. The van der Waals surface area contributed by atoms with Gasteiger partial charge in [-0.3, -0.25) is 4.98 Å². The molecule has 0 saturated carbocycles. The minimum absolute atomic E-state index is 0.0384. The molecule has 5 nitrogen and oxygen atoms in total. The molecule has 0 aliphatic carbocycles. The number of nitrogens with zero attached hydrogens (tertiary/aromatic N) is 3. The number of urea groups is 1. The molecule has 0 aliphatic rings. The molecule has 0 bridgehead atoms. The second kappa shape index (κ2) is 7.17. The summed E-state index contributed by atoms with van der Waals surface area (Å²) in [5.41, 5.74) is 1.09. The summed E-state index contributed by atoms with van der Waals surface area (Å²) < 4.78 is 0. The number of amides is 2. The minimum atomic E-state index is -0.0960. The fraction of sp³-hybridized carbons (Fsp3) is 0.400. The number of aromatic nitrogens is 2. The first-order chi connectivity index (χ1) is 10.1. The van der Waals surface area contributed by atoms with Crippen molar-refractivity contribution in [2.45, 2.75) is 32.4 Å². The highest BCUT2D eigenvalue weighted by Gasteiger charge is 2.22. The van der Waals surface area contributed by atoms with Crippen LogP contribution in [0, 0.1) is 0 Å². The lowest BCUT2D eigenvalue weighted by Crippen LogP contribution is -2.40. The summed E-state index contributed by atoms with van der Waals surface area (Å²) in [6.45, 7) is 4.01. The van der Waals surface area contributed by atoms with E-state index in [1.54, 1.807) is 34.8 Å². The van der Waals surface area contributed by atoms with Gasteiger partial charge in [-0.1, -0.05) is 6.92 Å². The van der Waals surface area contributed by atoms with E-state index in [1.807, 2.05) is 31.5 Å². The van der Waals surface area contributed by atoms with Crippen LogP contribution in [-0.2, 0) is 0 Å². The van der Waals surface area contributed by atoms with Crippen LogP contribution < -0.4 is 5.32 Å². The summed E-state index contributed by atoms with van der Waals surface area (Å²) in [5, 5.41) is 5.81. The first-order valence-corrected chi connectivity index (χ1v) is 7.84. The zero-order valence-electron chi connectivity index (χ0n) is 12.5. The second-order valence-corrected chi connectivity index (χ2v) is 5.78. The Morgan fingerprint density at radius 3 is 2.67 bits per heavy atom. The van der Waals surface area contributed by atoms with Crippen LogP contribution >= 0.6 is 11.3 Å². The van der Waals surface area contributed by atoms with Gasteiger partial charge in [0.15, 0.2) is 0 Å². The van der Waals surface area contributed by atoms with Crippen LogP contribution in [0.5, 0.6) is 0 Å². The number of nitrogens with one attached hydrogen (secondary N) is 1. The Morgan fingerprint density at radius 2 is 2.10 bits per heavy atom. The largest absolute Gasteiger partial charge is 0.329 e. The number of hydrogen-bond acceptors (Lipinski definition) is 4. The average molecular weight is 304 g/mol. The molecular formula is C15H20N4OS. The van der Waals surface area contributed by atoms with Crippen molar-refractivity contribution in [3.8, 4) is 0 Å². The number of rotatable bonds is 5. The van der Waals surface area contributed by atoms with E-state index in [-0.39, 0.29) is 18.1 Å². The highest BCUT2D eigenvalue weighted by molar-refractivity contribution is 7.09. The molecule has 2 amide bonds. The maximum Gasteiger partial charge on any atom is 0.318 e. The summed E-state index contributed by atoms with van der Waals surface area (Å²) in [6.07, 6.45) is 6.10. The van der Waals surface area contributed by atoms with Gasteiger partial charge in [-0.15, -0.1) is 11.3 Å². The molecule has 2 aromatic rings.